The van der Waals surface area contributed by atoms with Gasteiger partial charge >= 0.3 is 5.97 Å². The van der Waals surface area contributed by atoms with Crippen LogP contribution in [0.2, 0.25) is 0 Å². The number of carbonyl (C=O) groups excluding carboxylic acids is 3. The number of carboxylic acids is 1. The minimum Gasteiger partial charge on any atom is -0.508 e. The highest BCUT2D eigenvalue weighted by Crippen LogP contribution is 2.19. The van der Waals surface area contributed by atoms with Gasteiger partial charge in [0, 0.05) is 29.9 Å². The van der Waals surface area contributed by atoms with E-state index in [1.807, 2.05) is 24.3 Å². The van der Waals surface area contributed by atoms with E-state index in [0.29, 0.717) is 30.5 Å². The molecule has 3 amide bonds. The lowest BCUT2D eigenvalue weighted by atomic mass is 10.0. The summed E-state index contributed by atoms with van der Waals surface area (Å²) in [5, 5.41) is 38.1. The summed E-state index contributed by atoms with van der Waals surface area (Å²) in [5.41, 5.74) is 14.8. The molecule has 13 heteroatoms. The van der Waals surface area contributed by atoms with Crippen LogP contribution in [0.1, 0.15) is 36.0 Å². The van der Waals surface area contributed by atoms with E-state index in [9.17, 15) is 34.5 Å². The molecule has 0 saturated carbocycles. The average Bonchev–Trinajstić information content (AvgIpc) is 3.47. The average molecular weight is 659 g/mol. The number of aliphatic carboxylic acids is 1. The highest BCUT2D eigenvalue weighted by atomic mass is 16.4. The van der Waals surface area contributed by atoms with Gasteiger partial charge in [-0.3, -0.25) is 14.4 Å². The van der Waals surface area contributed by atoms with Gasteiger partial charge in [0.1, 0.15) is 29.6 Å². The normalized spacial score (nSPS) is 13.6. The zero-order valence-corrected chi connectivity index (χ0v) is 26.4. The number of H-pyrrole nitrogens is 1. The highest BCUT2D eigenvalue weighted by Gasteiger charge is 2.31. The van der Waals surface area contributed by atoms with Crippen molar-refractivity contribution < 1.29 is 34.5 Å². The molecular weight excluding hydrogens is 616 g/mol. The molecule has 48 heavy (non-hydrogen) atoms. The number of rotatable bonds is 17. The fraction of sp³-hybridized carbons (Fsp3) is 0.314. The maximum Gasteiger partial charge on any atom is 0.326 e. The van der Waals surface area contributed by atoms with Gasteiger partial charge in [-0.2, -0.15) is 0 Å². The number of carboxylic acid groups (broad SMARTS) is 1. The summed E-state index contributed by atoms with van der Waals surface area (Å²) in [6.45, 7) is 0.374. The first-order valence-corrected chi connectivity index (χ1v) is 15.7. The van der Waals surface area contributed by atoms with Crippen molar-refractivity contribution in [3.05, 3.63) is 95.7 Å². The van der Waals surface area contributed by atoms with Crippen LogP contribution in [-0.4, -0.2) is 74.7 Å². The maximum absolute atomic E-state index is 13.9. The van der Waals surface area contributed by atoms with Crippen LogP contribution in [0.4, 0.5) is 0 Å². The Labute approximate surface area is 277 Å². The van der Waals surface area contributed by atoms with Crippen molar-refractivity contribution in [1.82, 2.24) is 20.9 Å². The van der Waals surface area contributed by atoms with E-state index in [2.05, 4.69) is 20.9 Å². The molecule has 0 bridgehead atoms. The highest BCUT2D eigenvalue weighted by molar-refractivity contribution is 5.94. The summed E-state index contributed by atoms with van der Waals surface area (Å²) in [6.07, 6.45) is 3.14. The summed E-state index contributed by atoms with van der Waals surface area (Å²) < 4.78 is 0. The summed E-state index contributed by atoms with van der Waals surface area (Å²) >= 11 is 0. The molecule has 4 aromatic rings. The number of fused-ring (bicyclic) bond motifs is 1. The second kappa shape index (κ2) is 17.0. The van der Waals surface area contributed by atoms with E-state index >= 15 is 0 Å². The summed E-state index contributed by atoms with van der Waals surface area (Å²) in [7, 11) is 0. The van der Waals surface area contributed by atoms with Crippen molar-refractivity contribution in [2.75, 3.05) is 6.54 Å². The van der Waals surface area contributed by atoms with E-state index in [1.165, 1.54) is 24.3 Å². The third kappa shape index (κ3) is 10.0. The number of aromatic nitrogens is 1. The summed E-state index contributed by atoms with van der Waals surface area (Å²) in [6, 6.07) is 15.1. The topological polar surface area (TPSA) is 233 Å². The van der Waals surface area contributed by atoms with Gasteiger partial charge in [-0.1, -0.05) is 42.5 Å². The van der Waals surface area contributed by atoms with E-state index in [-0.39, 0.29) is 37.2 Å². The first-order valence-electron chi connectivity index (χ1n) is 15.7. The van der Waals surface area contributed by atoms with Crippen LogP contribution < -0.4 is 27.4 Å². The third-order valence-electron chi connectivity index (χ3n) is 8.03. The predicted molar refractivity (Wildman–Crippen MR) is 180 cm³/mol. The van der Waals surface area contributed by atoms with Crippen LogP contribution in [0.25, 0.3) is 10.9 Å². The molecule has 4 unspecified atom stereocenters. The summed E-state index contributed by atoms with van der Waals surface area (Å²) in [4.78, 5) is 55.9. The minimum atomic E-state index is -1.24. The lowest BCUT2D eigenvalue weighted by molar-refractivity contribution is -0.142. The Balaban J connectivity index is 1.55. The van der Waals surface area contributed by atoms with Gasteiger partial charge < -0.3 is 47.7 Å². The smallest absolute Gasteiger partial charge is 0.326 e. The minimum absolute atomic E-state index is 0.00203. The first-order chi connectivity index (χ1) is 23.0. The molecular formula is C35H42N6O7. The number of carbonyl (C=O) groups is 4. The van der Waals surface area contributed by atoms with Gasteiger partial charge in [0.2, 0.25) is 17.7 Å². The lowest BCUT2D eigenvalue weighted by Gasteiger charge is -2.25. The van der Waals surface area contributed by atoms with Crippen LogP contribution in [0.3, 0.4) is 0 Å². The zero-order chi connectivity index (χ0) is 34.6. The molecule has 3 aromatic carbocycles. The van der Waals surface area contributed by atoms with E-state index in [1.54, 1.807) is 30.5 Å². The summed E-state index contributed by atoms with van der Waals surface area (Å²) in [5.74, 6) is -3.22. The predicted octanol–water partition coefficient (Wildman–Crippen LogP) is 1.60. The largest absolute Gasteiger partial charge is 0.508 e. The molecule has 0 saturated heterocycles. The Hall–Kier alpha value is -5.40. The van der Waals surface area contributed by atoms with Crippen molar-refractivity contribution in [3.63, 3.8) is 0 Å². The molecule has 4 rings (SSSR count). The number of phenols is 2. The number of nitrogens with two attached hydrogens (primary N) is 2. The van der Waals surface area contributed by atoms with E-state index in [0.717, 1.165) is 16.5 Å². The number of nitrogens with one attached hydrogen (secondary N) is 4. The second-order valence-corrected chi connectivity index (χ2v) is 11.7. The van der Waals surface area contributed by atoms with Gasteiger partial charge in [-0.05, 0) is 79.3 Å². The lowest BCUT2D eigenvalue weighted by Crippen LogP contribution is -2.58. The van der Waals surface area contributed by atoms with Gasteiger partial charge in [-0.25, -0.2) is 4.79 Å². The van der Waals surface area contributed by atoms with Crippen LogP contribution >= 0.6 is 0 Å². The zero-order valence-electron chi connectivity index (χ0n) is 26.4. The van der Waals surface area contributed by atoms with Crippen molar-refractivity contribution >= 4 is 34.6 Å². The Morgan fingerprint density at radius 1 is 0.688 bits per heavy atom. The van der Waals surface area contributed by atoms with Crippen molar-refractivity contribution in [1.29, 1.82) is 0 Å². The van der Waals surface area contributed by atoms with Crippen molar-refractivity contribution in [2.24, 2.45) is 11.5 Å². The Bertz CT molecular complexity index is 1690. The number of aromatic amines is 1. The number of para-hydroxylation sites is 1. The van der Waals surface area contributed by atoms with E-state index < -0.39 is 47.9 Å². The number of phenolic OH excluding ortho intramolecular Hbond substituents is 2. The van der Waals surface area contributed by atoms with Crippen LogP contribution in [0.5, 0.6) is 11.5 Å². The molecule has 0 aliphatic carbocycles. The van der Waals surface area contributed by atoms with Crippen LogP contribution in [0, 0.1) is 0 Å². The standard InChI is InChI=1S/C35H42N6O7/c36-16-4-3-7-29(35(47)48)39-33(45)31(18-22-10-14-25(43)15-11-22)41-34(46)30(17-21-8-12-24(42)13-9-21)40-32(44)27(37)19-23-20-38-28-6-2-1-5-26(23)28/h1-2,5-6,8-15,20,27,29-31,38,42-43H,3-4,7,16-19,36-37H2,(H,39,45)(H,40,44)(H,41,46)(H,47,48). The van der Waals surface area contributed by atoms with Crippen LogP contribution in [0.15, 0.2) is 79.0 Å². The second-order valence-electron chi connectivity index (χ2n) is 11.7. The molecule has 254 valence electrons. The number of unbranched alkanes of at least 4 members (excludes halogenated alkanes) is 1. The van der Waals surface area contributed by atoms with Crippen molar-refractivity contribution in [3.8, 4) is 11.5 Å². The van der Waals surface area contributed by atoms with Gasteiger partial charge in [-0.15, -0.1) is 0 Å². The van der Waals surface area contributed by atoms with Crippen molar-refractivity contribution in [2.45, 2.75) is 62.7 Å². The Kier molecular flexibility index (Phi) is 12.5. The molecule has 13 nitrogen and oxygen atoms in total. The molecule has 11 N–H and O–H groups in total. The van der Waals surface area contributed by atoms with Gasteiger partial charge in [0.25, 0.3) is 0 Å². The fourth-order valence-corrected chi connectivity index (χ4v) is 5.36. The SMILES string of the molecule is NCCCCC(NC(=O)C(Cc1ccc(O)cc1)NC(=O)C(Cc1ccc(O)cc1)NC(=O)C(N)Cc1c[nH]c2ccccc12)C(=O)O. The quantitative estimate of drug-likeness (QED) is 0.0749. The Morgan fingerprint density at radius 3 is 1.75 bits per heavy atom. The number of aromatic hydroxyl groups is 2. The molecule has 0 aliphatic rings. The van der Waals surface area contributed by atoms with Gasteiger partial charge in [0.15, 0.2) is 0 Å². The molecule has 0 radical (unpaired) electrons. The molecule has 4 atom stereocenters. The number of benzene rings is 3. The third-order valence-corrected chi connectivity index (χ3v) is 8.03. The molecule has 0 aliphatic heterocycles. The molecule has 1 heterocycles. The molecule has 0 spiro atoms. The number of hydrogen-bond acceptors (Lipinski definition) is 8. The molecule has 1 aromatic heterocycles. The van der Waals surface area contributed by atoms with Gasteiger partial charge in [0.05, 0.1) is 6.04 Å². The first kappa shape index (κ1) is 35.5. The number of amides is 3. The maximum atomic E-state index is 13.9. The fourth-order valence-electron chi connectivity index (χ4n) is 5.36. The Morgan fingerprint density at radius 2 is 1.21 bits per heavy atom. The van der Waals surface area contributed by atoms with E-state index in [4.69, 9.17) is 11.5 Å². The monoisotopic (exact) mass is 658 g/mol. The van der Waals surface area contributed by atoms with Crippen LogP contribution in [-0.2, 0) is 38.4 Å². The molecule has 0 fully saturated rings. The number of hydrogen-bond donors (Lipinski definition) is 9.